The van der Waals surface area contributed by atoms with Crippen molar-refractivity contribution in [2.45, 2.75) is 0 Å². The van der Waals surface area contributed by atoms with Crippen molar-refractivity contribution in [3.63, 3.8) is 0 Å². The maximum Gasteiger partial charge on any atom is 0.136 e. The maximum absolute atomic E-state index is 9.38. The lowest BCUT2D eigenvalue weighted by atomic mass is 9.88. The van der Waals surface area contributed by atoms with Gasteiger partial charge in [0.25, 0.3) is 0 Å². The lowest BCUT2D eigenvalue weighted by molar-refractivity contribution is 0.487. The van der Waals surface area contributed by atoms with E-state index in [9.17, 15) is 5.26 Å². The lowest BCUT2D eigenvalue weighted by Crippen LogP contribution is -1.98. The molecule has 2 heteroatoms. The summed E-state index contributed by atoms with van der Waals surface area (Å²) in [6, 6.07) is 51.7. The van der Waals surface area contributed by atoms with Crippen molar-refractivity contribution in [2.75, 3.05) is 0 Å². The Balaban J connectivity index is 1.20. The van der Waals surface area contributed by atoms with E-state index < -0.39 is 0 Å². The first kappa shape index (κ1) is 23.8. The Morgan fingerprint density at radius 3 is 1.93 bits per heavy atom. The van der Waals surface area contributed by atoms with Gasteiger partial charge in [-0.1, -0.05) is 109 Å². The fraction of sp³-hybridized carbons (Fsp3) is 0. The number of hydrogen-bond acceptors (Lipinski definition) is 2. The first-order chi connectivity index (χ1) is 21.3. The molecule has 1 aliphatic rings. The molecule has 0 aliphatic carbocycles. The van der Waals surface area contributed by atoms with Gasteiger partial charge >= 0.3 is 0 Å². The Kier molecular flexibility index (Phi) is 5.00. The largest absolute Gasteiger partial charge is 0.456 e. The van der Waals surface area contributed by atoms with Gasteiger partial charge in [-0.15, -0.1) is 0 Å². The van der Waals surface area contributed by atoms with Crippen molar-refractivity contribution in [3.8, 4) is 50.9 Å². The summed E-state index contributed by atoms with van der Waals surface area (Å²) < 4.78 is 6.32. The number of fused-ring (bicyclic) bond motifs is 7. The first-order valence-electron chi connectivity index (χ1n) is 14.5. The summed E-state index contributed by atoms with van der Waals surface area (Å²) in [7, 11) is 0. The highest BCUT2D eigenvalue weighted by Crippen LogP contribution is 2.49. The van der Waals surface area contributed by atoms with E-state index in [2.05, 4.69) is 115 Å². The fourth-order valence-electron chi connectivity index (χ4n) is 6.88. The van der Waals surface area contributed by atoms with Crippen LogP contribution >= 0.6 is 0 Å². The van der Waals surface area contributed by atoms with Gasteiger partial charge in [-0.05, 0) is 95.9 Å². The molecule has 1 heterocycles. The van der Waals surface area contributed by atoms with E-state index in [0.717, 1.165) is 39.0 Å². The van der Waals surface area contributed by atoms with Gasteiger partial charge in [0.15, 0.2) is 0 Å². The molecule has 0 aromatic heterocycles. The number of ether oxygens (including phenoxy) is 1. The summed E-state index contributed by atoms with van der Waals surface area (Å²) >= 11 is 0. The quantitative estimate of drug-likeness (QED) is 0.202. The van der Waals surface area contributed by atoms with Crippen LogP contribution in [0.1, 0.15) is 5.56 Å². The van der Waals surface area contributed by atoms with Crippen LogP contribution in [0.3, 0.4) is 0 Å². The lowest BCUT2D eigenvalue weighted by Gasteiger charge is -2.22. The zero-order chi connectivity index (χ0) is 28.5. The molecule has 1 aliphatic heterocycles. The average molecular weight is 546 g/mol. The van der Waals surface area contributed by atoms with E-state index in [1.54, 1.807) is 0 Å². The molecule has 0 atom stereocenters. The van der Waals surface area contributed by atoms with Crippen LogP contribution in [0.5, 0.6) is 11.5 Å². The standard InChI is InChI=1S/C41H23NO/c42-24-25-12-18-34-36-21-20-30(35-10-5-11-39(41(35)36)43-40(34)22-25)27-13-15-28(16-14-27)37-23-38-29-7-2-1-6-26(29)17-19-33(38)31-8-3-4-9-32(31)37/h1-23H. The van der Waals surface area contributed by atoms with Crippen molar-refractivity contribution in [1.29, 1.82) is 5.26 Å². The summed E-state index contributed by atoms with van der Waals surface area (Å²) in [6.07, 6.45) is 0. The predicted molar refractivity (Wildman–Crippen MR) is 178 cm³/mol. The fourth-order valence-corrected chi connectivity index (χ4v) is 6.88. The van der Waals surface area contributed by atoms with Crippen LogP contribution in [-0.4, -0.2) is 0 Å². The van der Waals surface area contributed by atoms with Gasteiger partial charge in [0.2, 0.25) is 0 Å². The van der Waals surface area contributed by atoms with E-state index in [4.69, 9.17) is 4.74 Å². The molecule has 2 nitrogen and oxygen atoms in total. The van der Waals surface area contributed by atoms with Crippen molar-refractivity contribution in [1.82, 2.24) is 0 Å². The van der Waals surface area contributed by atoms with Gasteiger partial charge < -0.3 is 4.74 Å². The summed E-state index contributed by atoms with van der Waals surface area (Å²) in [6.45, 7) is 0. The second-order valence-corrected chi connectivity index (χ2v) is 11.2. The van der Waals surface area contributed by atoms with Crippen LogP contribution in [0.25, 0.3) is 76.5 Å². The van der Waals surface area contributed by atoms with Crippen LogP contribution < -0.4 is 4.74 Å². The van der Waals surface area contributed by atoms with Crippen LogP contribution in [-0.2, 0) is 0 Å². The highest BCUT2D eigenvalue weighted by Gasteiger charge is 2.22. The minimum absolute atomic E-state index is 0.596. The third-order valence-corrected chi connectivity index (χ3v) is 8.90. The third-order valence-electron chi connectivity index (χ3n) is 8.90. The van der Waals surface area contributed by atoms with Gasteiger partial charge in [-0.25, -0.2) is 0 Å². The molecule has 8 aromatic rings. The molecular weight excluding hydrogens is 522 g/mol. The van der Waals surface area contributed by atoms with E-state index in [0.29, 0.717) is 5.56 Å². The van der Waals surface area contributed by atoms with E-state index in [1.165, 1.54) is 49.0 Å². The number of nitriles is 1. The van der Waals surface area contributed by atoms with Crippen LogP contribution in [0, 0.1) is 11.3 Å². The van der Waals surface area contributed by atoms with Gasteiger partial charge in [-0.2, -0.15) is 5.26 Å². The topological polar surface area (TPSA) is 33.0 Å². The summed E-state index contributed by atoms with van der Waals surface area (Å²) in [5, 5.41) is 19.3. The Morgan fingerprint density at radius 1 is 0.419 bits per heavy atom. The Labute approximate surface area is 248 Å². The molecule has 0 fully saturated rings. The van der Waals surface area contributed by atoms with E-state index in [-0.39, 0.29) is 0 Å². The van der Waals surface area contributed by atoms with E-state index in [1.807, 2.05) is 30.3 Å². The maximum atomic E-state index is 9.38. The molecule has 0 unspecified atom stereocenters. The van der Waals surface area contributed by atoms with Crippen molar-refractivity contribution in [3.05, 3.63) is 145 Å². The Hall–Kier alpha value is -5.91. The van der Waals surface area contributed by atoms with Crippen molar-refractivity contribution < 1.29 is 4.74 Å². The van der Waals surface area contributed by atoms with Gasteiger partial charge in [0, 0.05) is 10.9 Å². The molecular formula is C41H23NO. The molecule has 0 bridgehead atoms. The molecule has 0 N–H and O–H groups in total. The van der Waals surface area contributed by atoms with Gasteiger partial charge in [-0.3, -0.25) is 0 Å². The Morgan fingerprint density at radius 2 is 1.09 bits per heavy atom. The van der Waals surface area contributed by atoms with Crippen molar-refractivity contribution in [2.24, 2.45) is 0 Å². The summed E-state index contributed by atoms with van der Waals surface area (Å²) in [5.41, 5.74) is 7.51. The molecule has 43 heavy (non-hydrogen) atoms. The number of hydrogen-bond donors (Lipinski definition) is 0. The normalized spacial score (nSPS) is 11.9. The van der Waals surface area contributed by atoms with Crippen molar-refractivity contribution >= 4 is 43.1 Å². The molecule has 9 rings (SSSR count). The molecule has 0 saturated heterocycles. The summed E-state index contributed by atoms with van der Waals surface area (Å²) in [4.78, 5) is 0. The first-order valence-corrected chi connectivity index (χ1v) is 14.5. The second-order valence-electron chi connectivity index (χ2n) is 11.2. The molecule has 198 valence electrons. The van der Waals surface area contributed by atoms with Crippen LogP contribution in [0.4, 0.5) is 0 Å². The smallest absolute Gasteiger partial charge is 0.136 e. The highest BCUT2D eigenvalue weighted by atomic mass is 16.5. The molecule has 0 spiro atoms. The van der Waals surface area contributed by atoms with Gasteiger partial charge in [0.1, 0.15) is 11.5 Å². The minimum Gasteiger partial charge on any atom is -0.456 e. The molecule has 0 saturated carbocycles. The average Bonchev–Trinajstić information content (AvgIpc) is 3.07. The third kappa shape index (κ3) is 3.52. The monoisotopic (exact) mass is 545 g/mol. The molecule has 0 radical (unpaired) electrons. The molecule has 8 aromatic carbocycles. The highest BCUT2D eigenvalue weighted by molar-refractivity contribution is 6.21. The minimum atomic E-state index is 0.596. The summed E-state index contributed by atoms with van der Waals surface area (Å²) in [5.74, 6) is 1.55. The number of rotatable bonds is 2. The van der Waals surface area contributed by atoms with Crippen LogP contribution in [0.2, 0.25) is 0 Å². The van der Waals surface area contributed by atoms with Gasteiger partial charge in [0.05, 0.1) is 11.6 Å². The number of benzene rings is 8. The zero-order valence-corrected chi connectivity index (χ0v) is 23.1. The second kappa shape index (κ2) is 9.05. The Bertz CT molecular complexity index is 2480. The van der Waals surface area contributed by atoms with Crippen LogP contribution in [0.15, 0.2) is 140 Å². The van der Waals surface area contributed by atoms with E-state index >= 15 is 0 Å². The molecule has 0 amide bonds. The SMILES string of the molecule is N#Cc1ccc2c(c1)Oc1cccc3c(-c4ccc(-c5cc6c7ccccc7ccc6c6ccccc56)cc4)ccc-2c13. The predicted octanol–water partition coefficient (Wildman–Crippen LogP) is 11.3. The number of nitrogens with zero attached hydrogens (tertiary/aromatic N) is 1. The zero-order valence-electron chi connectivity index (χ0n) is 23.1.